The molecule has 8 aromatic carbocycles. The average Bonchev–Trinajstić information content (AvgIpc) is 3.64. The summed E-state index contributed by atoms with van der Waals surface area (Å²) in [5, 5.41) is 6.78. The number of hydrogen-bond acceptors (Lipinski definition) is 4. The zero-order valence-corrected chi connectivity index (χ0v) is 25.8. The minimum Gasteiger partial charge on any atom is -0.456 e. The average molecular weight is 633 g/mol. The van der Waals surface area contributed by atoms with Crippen molar-refractivity contribution >= 4 is 54.3 Å². The van der Waals surface area contributed by atoms with Gasteiger partial charge in [0.1, 0.15) is 11.2 Å². The maximum absolute atomic E-state index is 9.09. The summed E-state index contributed by atoms with van der Waals surface area (Å²) in [5.74, 6) is 0.600. The fraction of sp³-hybridized carbons (Fsp3) is 0. The number of hydrogen-bond donors (Lipinski definition) is 0. The van der Waals surface area contributed by atoms with Gasteiger partial charge in [0, 0.05) is 27.5 Å². The number of benzene rings is 8. The molecule has 2 aromatic heterocycles. The first-order chi connectivity index (χ1) is 27.2. The maximum Gasteiger partial charge on any atom is 0.164 e. The molecule has 0 bridgehead atoms. The van der Waals surface area contributed by atoms with E-state index in [9.17, 15) is 0 Å². The van der Waals surface area contributed by atoms with E-state index in [1.807, 2.05) is 48.5 Å². The predicted molar refractivity (Wildman–Crippen MR) is 201 cm³/mol. The molecule has 10 aromatic rings. The van der Waals surface area contributed by atoms with Crippen LogP contribution in [0.15, 0.2) is 168 Å². The van der Waals surface area contributed by atoms with Crippen molar-refractivity contribution in [3.8, 4) is 45.3 Å². The van der Waals surface area contributed by atoms with E-state index >= 15 is 0 Å². The van der Waals surface area contributed by atoms with Crippen LogP contribution in [-0.2, 0) is 0 Å². The van der Waals surface area contributed by atoms with Crippen molar-refractivity contribution in [2.75, 3.05) is 0 Å². The molecule has 0 aliphatic heterocycles. The molecule has 2 heterocycles. The molecule has 0 aliphatic rings. The zero-order chi connectivity index (χ0) is 38.4. The molecule has 0 fully saturated rings. The lowest BCUT2D eigenvalue weighted by Gasteiger charge is -2.12. The summed E-state index contributed by atoms with van der Waals surface area (Å²) >= 11 is 0. The number of furan rings is 1. The number of aromatic nitrogens is 3. The molecular formula is C45H27N3O. The number of rotatable bonds is 4. The molecule has 0 saturated heterocycles. The lowest BCUT2D eigenvalue weighted by Crippen LogP contribution is -2.00. The summed E-state index contributed by atoms with van der Waals surface area (Å²) in [6, 6.07) is 37.7. The van der Waals surface area contributed by atoms with Crippen molar-refractivity contribution in [3.05, 3.63) is 164 Å². The van der Waals surface area contributed by atoms with Gasteiger partial charge in [-0.1, -0.05) is 133 Å². The first-order valence-corrected chi connectivity index (χ1v) is 15.9. The Balaban J connectivity index is 1.18. The normalized spacial score (nSPS) is 13.7. The molecule has 4 nitrogen and oxygen atoms in total. The third kappa shape index (κ3) is 4.57. The first-order valence-electron chi connectivity index (χ1n) is 19.4. The Morgan fingerprint density at radius 2 is 1.06 bits per heavy atom. The van der Waals surface area contributed by atoms with Crippen molar-refractivity contribution in [2.24, 2.45) is 0 Å². The molecule has 0 spiro atoms. The van der Waals surface area contributed by atoms with E-state index in [-0.39, 0.29) is 45.4 Å². The highest BCUT2D eigenvalue weighted by Crippen LogP contribution is 2.38. The van der Waals surface area contributed by atoms with Gasteiger partial charge in [0.25, 0.3) is 0 Å². The zero-order valence-electron chi connectivity index (χ0n) is 32.8. The Labute approximate surface area is 291 Å². The van der Waals surface area contributed by atoms with Crippen LogP contribution in [0.5, 0.6) is 0 Å². The second kappa shape index (κ2) is 11.0. The molecule has 49 heavy (non-hydrogen) atoms. The van der Waals surface area contributed by atoms with Crippen LogP contribution in [-0.4, -0.2) is 15.0 Å². The molecule has 0 amide bonds. The largest absolute Gasteiger partial charge is 0.456 e. The van der Waals surface area contributed by atoms with E-state index in [2.05, 4.69) is 72.8 Å². The number of nitrogens with zero attached hydrogens (tertiary/aromatic N) is 3. The number of para-hydroxylation sites is 1. The summed E-state index contributed by atoms with van der Waals surface area (Å²) in [6.45, 7) is 0. The standard InChI is InChI=1S/C45H27N3O/c1-2-11-28(12-3-1)43-46-44(48-45(47-43)38-18-10-20-41-42(38)37-17-8-9-19-40(37)49-41)33-24-22-29-25-32(23-21-30(29)26-33)39-27-31-13-4-5-14-34(31)35-15-6-7-16-36(35)39/h1-27H/i8D,9D,10D,17D,18D,19D,20D. The van der Waals surface area contributed by atoms with Gasteiger partial charge in [-0.25, -0.2) is 15.0 Å². The molecule has 0 saturated carbocycles. The van der Waals surface area contributed by atoms with Crippen molar-refractivity contribution in [3.63, 3.8) is 0 Å². The van der Waals surface area contributed by atoms with E-state index in [1.54, 1.807) is 0 Å². The van der Waals surface area contributed by atoms with E-state index in [0.29, 0.717) is 22.8 Å². The topological polar surface area (TPSA) is 51.8 Å². The molecule has 0 unspecified atom stereocenters. The quantitative estimate of drug-likeness (QED) is 0.181. The lowest BCUT2D eigenvalue weighted by atomic mass is 9.92. The van der Waals surface area contributed by atoms with Crippen LogP contribution in [0.25, 0.3) is 99.5 Å². The SMILES string of the molecule is [2H]c1c([2H])c([2H])c2c(oc3c([2H])c([2H])c([2H])c(-c4nc(-c5ccccc5)nc(-c5ccc6cc(-c7cc8ccccc8c8ccccc78)ccc6c5)n4)c32)c1[2H]. The molecule has 228 valence electrons. The van der Waals surface area contributed by atoms with Crippen LogP contribution in [0.3, 0.4) is 0 Å². The molecule has 10 rings (SSSR count). The lowest BCUT2D eigenvalue weighted by molar-refractivity contribution is 0.669. The summed E-state index contributed by atoms with van der Waals surface area (Å²) in [5.41, 5.74) is 3.27. The van der Waals surface area contributed by atoms with Crippen molar-refractivity contribution < 1.29 is 14.0 Å². The summed E-state index contributed by atoms with van der Waals surface area (Å²) in [6.07, 6.45) is 0. The second-order valence-electron chi connectivity index (χ2n) is 11.9. The summed E-state index contributed by atoms with van der Waals surface area (Å²) < 4.78 is 66.3. The predicted octanol–water partition coefficient (Wildman–Crippen LogP) is 11.9. The van der Waals surface area contributed by atoms with Crippen LogP contribution in [0.4, 0.5) is 0 Å². The van der Waals surface area contributed by atoms with Crippen molar-refractivity contribution in [2.45, 2.75) is 0 Å². The van der Waals surface area contributed by atoms with E-state index < -0.39 is 30.2 Å². The van der Waals surface area contributed by atoms with Crippen LogP contribution in [0.1, 0.15) is 9.60 Å². The van der Waals surface area contributed by atoms with Crippen LogP contribution >= 0.6 is 0 Å². The Morgan fingerprint density at radius 3 is 1.92 bits per heavy atom. The van der Waals surface area contributed by atoms with Gasteiger partial charge >= 0.3 is 0 Å². The van der Waals surface area contributed by atoms with Crippen molar-refractivity contribution in [1.82, 2.24) is 15.0 Å². The fourth-order valence-corrected chi connectivity index (χ4v) is 6.71. The van der Waals surface area contributed by atoms with Gasteiger partial charge in [-0.15, -0.1) is 0 Å². The second-order valence-corrected chi connectivity index (χ2v) is 11.9. The first kappa shape index (κ1) is 21.3. The van der Waals surface area contributed by atoms with Gasteiger partial charge in [0.05, 0.1) is 9.60 Å². The molecule has 0 N–H and O–H groups in total. The molecule has 0 radical (unpaired) electrons. The van der Waals surface area contributed by atoms with E-state index in [1.165, 1.54) is 21.5 Å². The van der Waals surface area contributed by atoms with Crippen LogP contribution in [0.2, 0.25) is 0 Å². The maximum atomic E-state index is 9.09. The van der Waals surface area contributed by atoms with Crippen molar-refractivity contribution in [1.29, 1.82) is 0 Å². The minimum absolute atomic E-state index is 0.00564. The van der Waals surface area contributed by atoms with Gasteiger partial charge < -0.3 is 4.42 Å². The summed E-state index contributed by atoms with van der Waals surface area (Å²) in [4.78, 5) is 14.5. The molecule has 4 heteroatoms. The van der Waals surface area contributed by atoms with E-state index in [0.717, 1.165) is 21.9 Å². The van der Waals surface area contributed by atoms with Gasteiger partial charge in [-0.05, 0) is 73.7 Å². The minimum atomic E-state index is -0.491. The van der Waals surface area contributed by atoms with Gasteiger partial charge in [-0.2, -0.15) is 0 Å². The fourth-order valence-electron chi connectivity index (χ4n) is 6.71. The molecular weight excluding hydrogens is 599 g/mol. The summed E-state index contributed by atoms with van der Waals surface area (Å²) in [7, 11) is 0. The van der Waals surface area contributed by atoms with Crippen LogP contribution < -0.4 is 0 Å². The third-order valence-corrected chi connectivity index (χ3v) is 9.02. The monoisotopic (exact) mass is 632 g/mol. The Kier molecular flexibility index (Phi) is 4.76. The highest BCUT2D eigenvalue weighted by atomic mass is 16.3. The van der Waals surface area contributed by atoms with Gasteiger partial charge in [0.2, 0.25) is 0 Å². The smallest absolute Gasteiger partial charge is 0.164 e. The van der Waals surface area contributed by atoms with Gasteiger partial charge in [0.15, 0.2) is 17.5 Å². The van der Waals surface area contributed by atoms with Crippen LogP contribution in [0, 0.1) is 0 Å². The van der Waals surface area contributed by atoms with E-state index in [4.69, 9.17) is 29.0 Å². The number of fused-ring (bicyclic) bond motifs is 7. The highest BCUT2D eigenvalue weighted by Gasteiger charge is 2.18. The Hall–Kier alpha value is -6.65. The third-order valence-electron chi connectivity index (χ3n) is 9.02. The Morgan fingerprint density at radius 1 is 0.408 bits per heavy atom. The van der Waals surface area contributed by atoms with Gasteiger partial charge in [-0.3, -0.25) is 0 Å². The molecule has 0 aliphatic carbocycles. The molecule has 0 atom stereocenters. The Bertz CT molecular complexity index is 3290. The highest BCUT2D eigenvalue weighted by molar-refractivity contribution is 6.14.